The summed E-state index contributed by atoms with van der Waals surface area (Å²) in [4.78, 5) is 17.4. The number of ether oxygens (including phenoxy) is 1. The molecule has 7 heteroatoms. The van der Waals surface area contributed by atoms with Gasteiger partial charge in [0.05, 0.1) is 40.5 Å². The zero-order valence-corrected chi connectivity index (χ0v) is 15.7. The number of halogens is 1. The van der Waals surface area contributed by atoms with E-state index in [1.165, 1.54) is 13.2 Å². The minimum Gasteiger partial charge on any atom is -0.496 e. The van der Waals surface area contributed by atoms with E-state index in [1.807, 2.05) is 31.2 Å². The molecule has 3 N–H and O–H groups in total. The number of nitrogen functional groups attached to an aromatic ring is 1. The van der Waals surface area contributed by atoms with Gasteiger partial charge in [-0.3, -0.25) is 4.79 Å². The minimum absolute atomic E-state index is 0.295. The molecular weight excluding hydrogens is 352 g/mol. The summed E-state index contributed by atoms with van der Waals surface area (Å²) in [6.07, 6.45) is 0. The fourth-order valence-electron chi connectivity index (χ4n) is 3.01. The average molecular weight is 373 g/mol. The second kappa shape index (κ2) is 7.25. The summed E-state index contributed by atoms with van der Waals surface area (Å²) in [6, 6.07) is 10.7. The lowest BCUT2D eigenvalue weighted by Gasteiger charge is -2.17. The van der Waals surface area contributed by atoms with Crippen LogP contribution in [0, 0.1) is 0 Å². The van der Waals surface area contributed by atoms with Gasteiger partial charge < -0.3 is 20.4 Å². The maximum atomic E-state index is 12.8. The predicted octanol–water partition coefficient (Wildman–Crippen LogP) is 3.79. The van der Waals surface area contributed by atoms with Crippen molar-refractivity contribution in [3.05, 3.63) is 52.8 Å². The first-order valence-electron chi connectivity index (χ1n) is 8.35. The highest BCUT2D eigenvalue weighted by Crippen LogP contribution is 2.29. The maximum absolute atomic E-state index is 12.8. The number of anilines is 1. The normalized spacial score (nSPS) is 12.2. The van der Waals surface area contributed by atoms with Crippen LogP contribution >= 0.6 is 11.6 Å². The van der Waals surface area contributed by atoms with Gasteiger partial charge in [-0.2, -0.15) is 0 Å². The van der Waals surface area contributed by atoms with Crippen molar-refractivity contribution < 1.29 is 9.53 Å². The number of amides is 1. The van der Waals surface area contributed by atoms with E-state index >= 15 is 0 Å². The molecule has 0 aliphatic carbocycles. The molecule has 0 fully saturated rings. The topological polar surface area (TPSA) is 82.2 Å². The second-order valence-electron chi connectivity index (χ2n) is 5.97. The highest BCUT2D eigenvalue weighted by atomic mass is 35.5. The van der Waals surface area contributed by atoms with E-state index in [4.69, 9.17) is 22.1 Å². The molecule has 0 radical (unpaired) electrons. The fraction of sp³-hybridized carbons (Fsp3) is 0.263. The van der Waals surface area contributed by atoms with Crippen LogP contribution in [0.1, 0.15) is 36.1 Å². The van der Waals surface area contributed by atoms with E-state index in [1.54, 1.807) is 6.07 Å². The SMILES string of the molecule is CCn1c(C(C)NC(=O)c2cc(Cl)c(N)cc2OC)nc2ccccc21. The van der Waals surface area contributed by atoms with Crippen LogP contribution in [0.4, 0.5) is 5.69 Å². The molecule has 1 atom stereocenters. The molecule has 1 unspecified atom stereocenters. The number of para-hydroxylation sites is 2. The Kier molecular flexibility index (Phi) is 5.04. The fourth-order valence-corrected chi connectivity index (χ4v) is 3.18. The van der Waals surface area contributed by atoms with Crippen molar-refractivity contribution in [1.29, 1.82) is 0 Å². The number of hydrogen-bond donors (Lipinski definition) is 2. The van der Waals surface area contributed by atoms with Crippen LogP contribution in [-0.4, -0.2) is 22.6 Å². The molecule has 1 heterocycles. The number of hydrogen-bond acceptors (Lipinski definition) is 4. The third kappa shape index (κ3) is 3.20. The number of methoxy groups -OCH3 is 1. The van der Waals surface area contributed by atoms with Crippen molar-refractivity contribution in [3.8, 4) is 5.75 Å². The molecular formula is C19H21ClN4O2. The summed E-state index contributed by atoms with van der Waals surface area (Å²) < 4.78 is 7.35. The van der Waals surface area contributed by atoms with Crippen molar-refractivity contribution in [1.82, 2.24) is 14.9 Å². The number of nitrogens with zero attached hydrogens (tertiary/aromatic N) is 2. The van der Waals surface area contributed by atoms with Crippen LogP contribution < -0.4 is 15.8 Å². The molecule has 0 spiro atoms. The number of aromatic nitrogens is 2. The van der Waals surface area contributed by atoms with Gasteiger partial charge in [0.25, 0.3) is 5.91 Å². The average Bonchev–Trinajstić information content (AvgIpc) is 3.02. The molecule has 1 aromatic heterocycles. The minimum atomic E-state index is -0.300. The van der Waals surface area contributed by atoms with Gasteiger partial charge in [-0.15, -0.1) is 0 Å². The second-order valence-corrected chi connectivity index (χ2v) is 6.38. The molecule has 26 heavy (non-hydrogen) atoms. The molecule has 2 aromatic carbocycles. The lowest BCUT2D eigenvalue weighted by molar-refractivity contribution is 0.0934. The smallest absolute Gasteiger partial charge is 0.255 e. The first kappa shape index (κ1) is 18.1. The van der Waals surface area contributed by atoms with Crippen molar-refractivity contribution in [2.45, 2.75) is 26.4 Å². The van der Waals surface area contributed by atoms with Crippen LogP contribution in [0.15, 0.2) is 36.4 Å². The van der Waals surface area contributed by atoms with E-state index in [2.05, 4.69) is 21.8 Å². The van der Waals surface area contributed by atoms with E-state index in [0.29, 0.717) is 22.0 Å². The predicted molar refractivity (Wildman–Crippen MR) is 104 cm³/mol. The first-order valence-corrected chi connectivity index (χ1v) is 8.73. The zero-order valence-electron chi connectivity index (χ0n) is 14.9. The standard InChI is InChI=1S/C19H21ClN4O2/c1-4-24-16-8-6-5-7-15(16)23-18(24)11(2)22-19(25)12-9-13(20)14(21)10-17(12)26-3/h5-11H,4,21H2,1-3H3,(H,22,25). The molecule has 136 valence electrons. The van der Waals surface area contributed by atoms with Crippen molar-refractivity contribution in [2.75, 3.05) is 12.8 Å². The Morgan fingerprint density at radius 3 is 2.81 bits per heavy atom. The molecule has 1 amide bonds. The van der Waals surface area contributed by atoms with E-state index in [-0.39, 0.29) is 11.9 Å². The van der Waals surface area contributed by atoms with Crippen LogP contribution in [0.25, 0.3) is 11.0 Å². The number of rotatable bonds is 5. The number of nitrogens with one attached hydrogen (secondary N) is 1. The maximum Gasteiger partial charge on any atom is 0.255 e. The Morgan fingerprint density at radius 2 is 2.12 bits per heavy atom. The number of benzene rings is 2. The van der Waals surface area contributed by atoms with Crippen molar-refractivity contribution in [2.24, 2.45) is 0 Å². The Labute approximate surface area is 156 Å². The van der Waals surface area contributed by atoms with Gasteiger partial charge in [0, 0.05) is 12.6 Å². The van der Waals surface area contributed by atoms with Crippen LogP contribution in [0.2, 0.25) is 5.02 Å². The number of aryl methyl sites for hydroxylation is 1. The number of fused-ring (bicyclic) bond motifs is 1. The zero-order chi connectivity index (χ0) is 18.8. The third-order valence-electron chi connectivity index (χ3n) is 4.30. The molecule has 0 saturated carbocycles. The van der Waals surface area contributed by atoms with Gasteiger partial charge in [-0.25, -0.2) is 4.98 Å². The largest absolute Gasteiger partial charge is 0.496 e. The summed E-state index contributed by atoms with van der Waals surface area (Å²) in [5.74, 6) is 0.870. The summed E-state index contributed by atoms with van der Waals surface area (Å²) in [5, 5.41) is 3.28. The molecule has 3 rings (SSSR count). The molecule has 0 bridgehead atoms. The summed E-state index contributed by atoms with van der Waals surface area (Å²) in [6.45, 7) is 4.71. The molecule has 0 aliphatic heterocycles. The quantitative estimate of drug-likeness (QED) is 0.667. The number of carbonyl (C=O) groups is 1. The third-order valence-corrected chi connectivity index (χ3v) is 4.63. The number of imidazole rings is 1. The number of carbonyl (C=O) groups excluding carboxylic acids is 1. The lowest BCUT2D eigenvalue weighted by Crippen LogP contribution is -2.29. The van der Waals surface area contributed by atoms with Gasteiger partial charge >= 0.3 is 0 Å². The van der Waals surface area contributed by atoms with Gasteiger partial charge in [0.15, 0.2) is 0 Å². The van der Waals surface area contributed by atoms with Crippen LogP contribution in [-0.2, 0) is 6.54 Å². The lowest BCUT2D eigenvalue weighted by atomic mass is 10.1. The first-order chi connectivity index (χ1) is 12.5. The Hall–Kier alpha value is -2.73. The van der Waals surface area contributed by atoms with Crippen molar-refractivity contribution >= 4 is 34.2 Å². The Morgan fingerprint density at radius 1 is 1.38 bits per heavy atom. The molecule has 0 aliphatic rings. The number of nitrogens with two attached hydrogens (primary N) is 1. The van der Waals surface area contributed by atoms with Gasteiger partial charge in [-0.05, 0) is 32.0 Å². The summed E-state index contributed by atoms with van der Waals surface area (Å²) in [5.41, 5.74) is 8.42. The monoisotopic (exact) mass is 372 g/mol. The summed E-state index contributed by atoms with van der Waals surface area (Å²) in [7, 11) is 1.49. The van der Waals surface area contributed by atoms with Crippen LogP contribution in [0.5, 0.6) is 5.75 Å². The Bertz CT molecular complexity index is 968. The van der Waals surface area contributed by atoms with E-state index < -0.39 is 0 Å². The Balaban J connectivity index is 1.92. The molecule has 3 aromatic rings. The molecule has 0 saturated heterocycles. The van der Waals surface area contributed by atoms with Crippen LogP contribution in [0.3, 0.4) is 0 Å². The van der Waals surface area contributed by atoms with Gasteiger partial charge in [0.1, 0.15) is 11.6 Å². The summed E-state index contributed by atoms with van der Waals surface area (Å²) >= 11 is 6.06. The molecule has 6 nitrogen and oxygen atoms in total. The highest BCUT2D eigenvalue weighted by molar-refractivity contribution is 6.33. The van der Waals surface area contributed by atoms with Gasteiger partial charge in [0.2, 0.25) is 0 Å². The van der Waals surface area contributed by atoms with Gasteiger partial charge in [-0.1, -0.05) is 23.7 Å². The van der Waals surface area contributed by atoms with E-state index in [0.717, 1.165) is 23.4 Å². The van der Waals surface area contributed by atoms with Crippen molar-refractivity contribution in [3.63, 3.8) is 0 Å². The van der Waals surface area contributed by atoms with E-state index in [9.17, 15) is 4.79 Å². The highest BCUT2D eigenvalue weighted by Gasteiger charge is 2.21.